The van der Waals surface area contributed by atoms with Crippen LogP contribution in [0.1, 0.15) is 39.5 Å². The van der Waals surface area contributed by atoms with Crippen molar-refractivity contribution in [3.63, 3.8) is 0 Å². The normalized spacial score (nSPS) is 8.86. The maximum absolute atomic E-state index is 8.11. The lowest BCUT2D eigenvalue weighted by atomic mass is 10.3. The Balaban J connectivity index is -0.000000147. The molecule has 0 aliphatic heterocycles. The molecule has 0 aliphatic carbocycles. The third-order valence-corrected chi connectivity index (χ3v) is 1.09. The molecule has 0 aromatic heterocycles. The van der Waals surface area contributed by atoms with Gasteiger partial charge in [-0.15, -0.1) is 13.2 Å². The lowest BCUT2D eigenvalue weighted by Gasteiger charge is -1.94. The van der Waals surface area contributed by atoms with Crippen LogP contribution in [0.25, 0.3) is 0 Å². The van der Waals surface area contributed by atoms with Gasteiger partial charge in [-0.05, 0) is 12.8 Å². The van der Waals surface area contributed by atoms with Gasteiger partial charge in [-0.3, -0.25) is 0 Å². The number of hydrogen-bond donors (Lipinski definition) is 4. The maximum atomic E-state index is 8.11. The highest BCUT2D eigenvalue weighted by atomic mass is 16.5. The van der Waals surface area contributed by atoms with Gasteiger partial charge in [0.2, 0.25) is 0 Å². The third kappa shape index (κ3) is 41.6. The second kappa shape index (κ2) is 18.4. The number of rotatable bonds is 4. The molecule has 0 unspecified atom stereocenters. The van der Waals surface area contributed by atoms with Gasteiger partial charge < -0.3 is 20.4 Å². The van der Waals surface area contributed by atoms with Crippen molar-refractivity contribution in [1.29, 1.82) is 0 Å². The van der Waals surface area contributed by atoms with Crippen molar-refractivity contribution in [3.05, 3.63) is 13.2 Å². The highest BCUT2D eigenvalue weighted by molar-refractivity contribution is 4.31. The van der Waals surface area contributed by atoms with Gasteiger partial charge in [0, 0.05) is 0 Å². The summed E-state index contributed by atoms with van der Waals surface area (Å²) in [4.78, 5) is 0. The summed E-state index contributed by atoms with van der Waals surface area (Å²) in [5.41, 5.74) is 0. The molecule has 4 heteroatoms. The molecule has 0 fully saturated rings. The minimum atomic E-state index is -1.10. The van der Waals surface area contributed by atoms with Gasteiger partial charge in [-0.25, -0.2) is 0 Å². The van der Waals surface area contributed by atoms with Gasteiger partial charge in [0.1, 0.15) is 0 Å². The zero-order valence-corrected chi connectivity index (χ0v) is 9.19. The molecular weight excluding hydrogens is 184 g/mol. The average molecular weight is 208 g/mol. The van der Waals surface area contributed by atoms with Gasteiger partial charge in [0.05, 0.1) is 0 Å². The van der Waals surface area contributed by atoms with E-state index in [9.17, 15) is 0 Å². The predicted octanol–water partition coefficient (Wildman–Crippen LogP) is 0.997. The van der Waals surface area contributed by atoms with Crippen LogP contribution in [-0.2, 0) is 0 Å². The Bertz CT molecular complexity index is 74.2. The molecule has 4 nitrogen and oxygen atoms in total. The van der Waals surface area contributed by atoms with Crippen LogP contribution in [0, 0.1) is 0 Å². The Morgan fingerprint density at radius 3 is 1.00 bits per heavy atom. The van der Waals surface area contributed by atoms with E-state index in [1.54, 1.807) is 0 Å². The third-order valence-electron chi connectivity index (χ3n) is 1.09. The first-order valence-electron chi connectivity index (χ1n) is 4.76. The van der Waals surface area contributed by atoms with Crippen molar-refractivity contribution >= 4 is 0 Å². The lowest BCUT2D eigenvalue weighted by molar-refractivity contribution is -0.0460. The van der Waals surface area contributed by atoms with Crippen molar-refractivity contribution in [2.75, 3.05) is 0 Å². The molecule has 0 amide bonds. The molecule has 0 aromatic rings. The fraction of sp³-hybridized carbons (Fsp3) is 0.800. The van der Waals surface area contributed by atoms with Crippen molar-refractivity contribution in [1.82, 2.24) is 0 Å². The Morgan fingerprint density at radius 1 is 0.786 bits per heavy atom. The monoisotopic (exact) mass is 208 g/mol. The van der Waals surface area contributed by atoms with E-state index in [-0.39, 0.29) is 0 Å². The first kappa shape index (κ1) is 19.2. The summed E-state index contributed by atoms with van der Waals surface area (Å²) in [6, 6.07) is 0. The zero-order chi connectivity index (χ0) is 12.0. The first-order valence-corrected chi connectivity index (χ1v) is 4.76. The van der Waals surface area contributed by atoms with Crippen LogP contribution in [0.3, 0.4) is 0 Å². The summed E-state index contributed by atoms with van der Waals surface area (Å²) < 4.78 is 0. The topological polar surface area (TPSA) is 80.9 Å². The molecule has 0 heterocycles. The Kier molecular flexibility index (Phi) is 25.2. The maximum Gasteiger partial charge on any atom is 0.151 e. The van der Waals surface area contributed by atoms with Crippen LogP contribution in [0.5, 0.6) is 0 Å². The summed E-state index contributed by atoms with van der Waals surface area (Å²) in [5.74, 6) is 0. The molecule has 0 spiro atoms. The van der Waals surface area contributed by atoms with E-state index >= 15 is 0 Å². The van der Waals surface area contributed by atoms with E-state index in [1.807, 2.05) is 13.8 Å². The highest BCUT2D eigenvalue weighted by Crippen LogP contribution is 1.88. The van der Waals surface area contributed by atoms with Gasteiger partial charge in [0.25, 0.3) is 0 Å². The van der Waals surface area contributed by atoms with Crippen LogP contribution in [0.2, 0.25) is 0 Å². The Morgan fingerprint density at radius 2 is 1.00 bits per heavy atom. The van der Waals surface area contributed by atoms with Crippen LogP contribution in [0.15, 0.2) is 13.2 Å². The molecule has 0 atom stereocenters. The van der Waals surface area contributed by atoms with Gasteiger partial charge in [-0.2, -0.15) is 0 Å². The average Bonchev–Trinajstić information content (AvgIpc) is 2.08. The van der Waals surface area contributed by atoms with Crippen LogP contribution in [0.4, 0.5) is 0 Å². The smallest absolute Gasteiger partial charge is 0.151 e. The predicted molar refractivity (Wildman–Crippen MR) is 57.5 cm³/mol. The minimum absolute atomic E-state index is 0.486. The second-order valence-electron chi connectivity index (χ2n) is 2.54. The van der Waals surface area contributed by atoms with Crippen LogP contribution >= 0.6 is 0 Å². The standard InChI is InChI=1S/2C4H10O2.C2H4/c2*1-2-3-4(5)6;1-2/h2*4-6H,2-3H2,1H3;1-2H2. The SMILES string of the molecule is C=C.CCCC(O)O.CCCC(O)O. The number of aliphatic hydroxyl groups is 4. The van der Waals surface area contributed by atoms with Gasteiger partial charge >= 0.3 is 0 Å². The fourth-order valence-electron chi connectivity index (χ4n) is 0.516. The van der Waals surface area contributed by atoms with E-state index in [0.717, 1.165) is 12.8 Å². The highest BCUT2D eigenvalue weighted by Gasteiger charge is 1.89. The quantitative estimate of drug-likeness (QED) is 0.410. The van der Waals surface area contributed by atoms with Crippen LogP contribution in [-0.4, -0.2) is 33.0 Å². The van der Waals surface area contributed by atoms with E-state index in [1.165, 1.54) is 0 Å². The van der Waals surface area contributed by atoms with Crippen LogP contribution < -0.4 is 0 Å². The summed E-state index contributed by atoms with van der Waals surface area (Å²) in [5, 5.41) is 32.4. The van der Waals surface area contributed by atoms with E-state index in [4.69, 9.17) is 20.4 Å². The molecule has 0 radical (unpaired) electrons. The van der Waals surface area contributed by atoms with Crippen molar-refractivity contribution in [2.24, 2.45) is 0 Å². The molecule has 0 bridgehead atoms. The Labute approximate surface area is 86.5 Å². The van der Waals surface area contributed by atoms with E-state index in [2.05, 4.69) is 13.2 Å². The number of hydrogen-bond acceptors (Lipinski definition) is 4. The molecule has 0 aliphatic rings. The summed E-state index contributed by atoms with van der Waals surface area (Å²) >= 11 is 0. The molecule has 88 valence electrons. The summed E-state index contributed by atoms with van der Waals surface area (Å²) in [6.07, 6.45) is 0.431. The molecule has 0 saturated heterocycles. The Hall–Kier alpha value is -0.420. The van der Waals surface area contributed by atoms with E-state index in [0.29, 0.717) is 12.8 Å². The molecule has 0 saturated carbocycles. The minimum Gasteiger partial charge on any atom is -0.368 e. The van der Waals surface area contributed by atoms with Crippen molar-refractivity contribution in [3.8, 4) is 0 Å². The molecule has 0 rings (SSSR count). The van der Waals surface area contributed by atoms with Gasteiger partial charge in [0.15, 0.2) is 12.6 Å². The number of aliphatic hydroxyl groups excluding tert-OH is 2. The lowest BCUT2D eigenvalue weighted by Crippen LogP contribution is -2.01. The molecule has 0 aromatic carbocycles. The molecular formula is C10H24O4. The zero-order valence-electron chi connectivity index (χ0n) is 9.19. The van der Waals surface area contributed by atoms with Gasteiger partial charge in [-0.1, -0.05) is 26.7 Å². The molecule has 4 N–H and O–H groups in total. The first-order chi connectivity index (χ1) is 6.54. The fourth-order valence-corrected chi connectivity index (χ4v) is 0.516. The largest absolute Gasteiger partial charge is 0.368 e. The second-order valence-corrected chi connectivity index (χ2v) is 2.54. The van der Waals surface area contributed by atoms with E-state index < -0.39 is 12.6 Å². The van der Waals surface area contributed by atoms with Crippen molar-refractivity contribution in [2.45, 2.75) is 52.1 Å². The molecule has 14 heavy (non-hydrogen) atoms. The summed E-state index contributed by atoms with van der Waals surface area (Å²) in [6.45, 7) is 9.80. The summed E-state index contributed by atoms with van der Waals surface area (Å²) in [7, 11) is 0. The van der Waals surface area contributed by atoms with Crippen molar-refractivity contribution < 1.29 is 20.4 Å².